The predicted molar refractivity (Wildman–Crippen MR) is 230 cm³/mol. The van der Waals surface area contributed by atoms with Crippen LogP contribution >= 0.6 is 0 Å². The molecule has 9 aromatic carbocycles. The summed E-state index contributed by atoms with van der Waals surface area (Å²) in [5, 5.41) is 5.91. The molecule has 0 radical (unpaired) electrons. The Labute approximate surface area is 319 Å². The summed E-state index contributed by atoms with van der Waals surface area (Å²) >= 11 is 0. The average molecular weight is 691 g/mol. The van der Waals surface area contributed by atoms with Crippen LogP contribution in [0.3, 0.4) is 0 Å². The summed E-state index contributed by atoms with van der Waals surface area (Å²) in [6.45, 7) is 0.136. The Hall–Kier alpha value is -6.44. The Morgan fingerprint density at radius 2 is 0.709 bits per heavy atom. The molecule has 2 aliphatic heterocycles. The third kappa shape index (κ3) is 3.20. The molecule has 0 aromatic heterocycles. The molecule has 0 bridgehead atoms. The molecule has 0 amide bonds. The first-order chi connectivity index (χ1) is 27.3. The second kappa shape index (κ2) is 9.43. The van der Waals surface area contributed by atoms with Crippen LogP contribution in [0.4, 0.5) is 0 Å². The Morgan fingerprint density at radius 1 is 0.309 bits per heavy atom. The molecular weight excluding hydrogens is 659 g/mol. The fourth-order valence-electron chi connectivity index (χ4n) is 12.5. The van der Waals surface area contributed by atoms with Crippen LogP contribution in [-0.4, -0.2) is 6.71 Å². The number of hydrogen-bond acceptors (Lipinski definition) is 0. The molecule has 250 valence electrons. The third-order valence-corrected chi connectivity index (χ3v) is 14.5. The largest absolute Gasteiger partial charge is 0.244 e. The summed E-state index contributed by atoms with van der Waals surface area (Å²) in [5.41, 5.74) is 33.6. The maximum atomic E-state index is 2.66. The van der Waals surface area contributed by atoms with E-state index in [4.69, 9.17) is 0 Å². The fraction of sp³-hybridized carbons (Fsp3) is 0.0741. The second-order valence-electron chi connectivity index (χ2n) is 16.9. The lowest BCUT2D eigenvalue weighted by Crippen LogP contribution is -2.57. The first kappa shape index (κ1) is 28.1. The van der Waals surface area contributed by atoms with E-state index in [9.17, 15) is 0 Å². The molecule has 9 aromatic rings. The lowest BCUT2D eigenvalue weighted by molar-refractivity contribution is 1.26. The maximum Gasteiger partial charge on any atom is 0.244 e. The molecule has 55 heavy (non-hydrogen) atoms. The highest BCUT2D eigenvalue weighted by Gasteiger charge is 2.44. The SMILES string of the molecule is c1ccc2c(c1)Cc1c-2cc2c3c(c4c(cc13)Cc1ccccc1-4)-c1cccc3c1B2c1cc2c(c4cc5c(c-3c14)-c1ccccc1C5)Cc1ccccc1-2. The van der Waals surface area contributed by atoms with Crippen LogP contribution in [0.25, 0.3) is 88.3 Å². The van der Waals surface area contributed by atoms with Gasteiger partial charge in [0.1, 0.15) is 0 Å². The summed E-state index contributed by atoms with van der Waals surface area (Å²) < 4.78 is 0. The Morgan fingerprint density at radius 3 is 1.18 bits per heavy atom. The minimum absolute atomic E-state index is 0.136. The van der Waals surface area contributed by atoms with Gasteiger partial charge in [0, 0.05) is 0 Å². The van der Waals surface area contributed by atoms with Crippen molar-refractivity contribution in [3.05, 3.63) is 184 Å². The predicted octanol–water partition coefficient (Wildman–Crippen LogP) is 10.8. The van der Waals surface area contributed by atoms with E-state index in [1.54, 1.807) is 0 Å². The molecule has 2 heterocycles. The number of rotatable bonds is 0. The highest BCUT2D eigenvalue weighted by Crippen LogP contribution is 2.55. The zero-order valence-corrected chi connectivity index (χ0v) is 30.2. The molecule has 0 saturated carbocycles. The molecule has 0 spiro atoms. The van der Waals surface area contributed by atoms with Gasteiger partial charge >= 0.3 is 0 Å². The topological polar surface area (TPSA) is 0 Å². The molecule has 0 atom stereocenters. The molecule has 0 unspecified atom stereocenters. The zero-order valence-electron chi connectivity index (χ0n) is 30.2. The summed E-state index contributed by atoms with van der Waals surface area (Å²) in [4.78, 5) is 0. The van der Waals surface area contributed by atoms with Gasteiger partial charge in [0.2, 0.25) is 6.71 Å². The van der Waals surface area contributed by atoms with Crippen molar-refractivity contribution in [3.63, 3.8) is 0 Å². The molecule has 15 rings (SSSR count). The van der Waals surface area contributed by atoms with Gasteiger partial charge < -0.3 is 0 Å². The molecule has 4 aliphatic carbocycles. The van der Waals surface area contributed by atoms with E-state index < -0.39 is 0 Å². The Kier molecular flexibility index (Phi) is 4.81. The van der Waals surface area contributed by atoms with Crippen LogP contribution < -0.4 is 16.4 Å². The van der Waals surface area contributed by atoms with Crippen molar-refractivity contribution in [1.82, 2.24) is 0 Å². The quantitative estimate of drug-likeness (QED) is 0.139. The van der Waals surface area contributed by atoms with Gasteiger partial charge in [0.15, 0.2) is 0 Å². The van der Waals surface area contributed by atoms with Crippen molar-refractivity contribution in [1.29, 1.82) is 0 Å². The monoisotopic (exact) mass is 690 g/mol. The average Bonchev–Trinajstić information content (AvgIpc) is 4.00. The van der Waals surface area contributed by atoms with E-state index in [2.05, 4.69) is 140 Å². The molecule has 6 aliphatic rings. The van der Waals surface area contributed by atoms with Crippen molar-refractivity contribution in [2.45, 2.75) is 25.7 Å². The minimum Gasteiger partial charge on any atom is -0.0619 e. The second-order valence-corrected chi connectivity index (χ2v) is 16.9. The van der Waals surface area contributed by atoms with Gasteiger partial charge in [-0.05, 0) is 171 Å². The number of fused-ring (bicyclic) bond motifs is 20. The van der Waals surface area contributed by atoms with Crippen molar-refractivity contribution in [2.75, 3.05) is 0 Å². The van der Waals surface area contributed by atoms with E-state index in [0.29, 0.717) is 0 Å². The van der Waals surface area contributed by atoms with Crippen LogP contribution in [-0.2, 0) is 25.7 Å². The van der Waals surface area contributed by atoms with Crippen molar-refractivity contribution in [2.24, 2.45) is 0 Å². The lowest BCUT2D eigenvalue weighted by atomic mass is 9.30. The van der Waals surface area contributed by atoms with Crippen molar-refractivity contribution < 1.29 is 0 Å². The Bertz CT molecular complexity index is 3160. The van der Waals surface area contributed by atoms with Gasteiger partial charge in [-0.3, -0.25) is 0 Å². The number of benzene rings is 9. The van der Waals surface area contributed by atoms with E-state index >= 15 is 0 Å². The molecular formula is C54H31B. The molecule has 0 nitrogen and oxygen atoms in total. The van der Waals surface area contributed by atoms with Crippen LogP contribution in [0.2, 0.25) is 0 Å². The summed E-state index contributed by atoms with van der Waals surface area (Å²) in [5.74, 6) is 0. The standard InChI is InChI=1S/C54H31B/c1-5-14-34-30(12-1)22-40-42(34)26-46-50-44(40)24-32-20-28-10-3-7-16-36(28)48(32)52(50)38-18-9-19-39-53-49-33(21-29-11-4-8-17-37(29)49)25-45-41-23-31-13-2-6-15-35(31)43(41)27-47(51(45)53)55(46)54(38)39/h1-19,24-27H,20-23H2. The van der Waals surface area contributed by atoms with Crippen molar-refractivity contribution in [3.8, 4) is 66.8 Å². The van der Waals surface area contributed by atoms with E-state index in [0.717, 1.165) is 25.7 Å². The fourth-order valence-corrected chi connectivity index (χ4v) is 12.5. The van der Waals surface area contributed by atoms with Gasteiger partial charge in [0.25, 0.3) is 0 Å². The summed E-state index contributed by atoms with van der Waals surface area (Å²) in [6, 6.07) is 54.7. The highest BCUT2D eigenvalue weighted by molar-refractivity contribution is 7.01. The van der Waals surface area contributed by atoms with Gasteiger partial charge in [-0.15, -0.1) is 0 Å². The van der Waals surface area contributed by atoms with E-state index in [-0.39, 0.29) is 6.71 Å². The lowest BCUT2D eigenvalue weighted by Gasteiger charge is -2.37. The number of hydrogen-bond donors (Lipinski definition) is 0. The van der Waals surface area contributed by atoms with Crippen LogP contribution in [0.5, 0.6) is 0 Å². The first-order valence-corrected chi connectivity index (χ1v) is 20.1. The Balaban J connectivity index is 1.16. The van der Waals surface area contributed by atoms with Crippen LogP contribution in [0.1, 0.15) is 44.5 Å². The van der Waals surface area contributed by atoms with Gasteiger partial charge in [-0.2, -0.15) is 0 Å². The zero-order chi connectivity index (χ0) is 35.3. The highest BCUT2D eigenvalue weighted by atomic mass is 14.4. The van der Waals surface area contributed by atoms with Crippen molar-refractivity contribution >= 4 is 44.6 Å². The summed E-state index contributed by atoms with van der Waals surface area (Å²) in [6.07, 6.45) is 3.99. The van der Waals surface area contributed by atoms with Gasteiger partial charge in [0.05, 0.1) is 0 Å². The van der Waals surface area contributed by atoms with E-state index in [1.807, 2.05) is 0 Å². The molecule has 1 heteroatoms. The molecule has 0 fully saturated rings. The summed E-state index contributed by atoms with van der Waals surface area (Å²) in [7, 11) is 0. The third-order valence-electron chi connectivity index (χ3n) is 14.5. The molecule has 0 saturated heterocycles. The van der Waals surface area contributed by atoms with Gasteiger partial charge in [-0.1, -0.05) is 144 Å². The van der Waals surface area contributed by atoms with Crippen LogP contribution in [0.15, 0.2) is 140 Å². The molecule has 0 N–H and O–H groups in total. The van der Waals surface area contributed by atoms with Crippen LogP contribution in [0, 0.1) is 0 Å². The smallest absolute Gasteiger partial charge is 0.0619 e. The first-order valence-electron chi connectivity index (χ1n) is 20.1. The maximum absolute atomic E-state index is 2.66. The van der Waals surface area contributed by atoms with Gasteiger partial charge in [-0.25, -0.2) is 0 Å². The minimum atomic E-state index is 0.136. The normalized spacial score (nSPS) is 14.6. The van der Waals surface area contributed by atoms with E-state index in [1.165, 1.54) is 149 Å².